The first kappa shape index (κ1) is 20.4. The average molecular weight is 364 g/mol. The number of hydrogen-bond acceptors (Lipinski definition) is 4. The second kappa shape index (κ2) is 10.3. The lowest BCUT2D eigenvalue weighted by molar-refractivity contribution is 0.0782. The van der Waals surface area contributed by atoms with Gasteiger partial charge in [-0.2, -0.15) is 0 Å². The number of fused-ring (bicyclic) bond motifs is 1. The molecule has 0 saturated carbocycles. The van der Waals surface area contributed by atoms with E-state index in [4.69, 9.17) is 19.2 Å². The highest BCUT2D eigenvalue weighted by Crippen LogP contribution is 2.33. The Kier molecular flexibility index (Phi) is 8.04. The molecular weight excluding hydrogens is 330 g/mol. The normalized spacial score (nSPS) is 14.4. The fourth-order valence-corrected chi connectivity index (χ4v) is 3.06. The molecule has 0 amide bonds. The Bertz CT molecular complexity index is 602. The second-order valence-corrected chi connectivity index (χ2v) is 6.66. The van der Waals surface area contributed by atoms with Gasteiger partial charge in [-0.1, -0.05) is 0 Å². The highest BCUT2D eigenvalue weighted by Gasteiger charge is 2.21. The summed E-state index contributed by atoms with van der Waals surface area (Å²) < 4.78 is 16.5. The van der Waals surface area contributed by atoms with E-state index in [1.165, 1.54) is 11.1 Å². The first-order valence-corrected chi connectivity index (χ1v) is 9.47. The quantitative estimate of drug-likeness (QED) is 0.437. The molecule has 6 heteroatoms. The lowest BCUT2D eigenvalue weighted by Gasteiger charge is -2.32. The van der Waals surface area contributed by atoms with Crippen LogP contribution in [-0.4, -0.2) is 57.4 Å². The van der Waals surface area contributed by atoms with E-state index in [1.807, 2.05) is 0 Å². The van der Waals surface area contributed by atoms with E-state index in [9.17, 15) is 0 Å². The molecule has 0 spiro atoms. The summed E-state index contributed by atoms with van der Waals surface area (Å²) in [5, 5.41) is 3.41. The van der Waals surface area contributed by atoms with Gasteiger partial charge in [0.25, 0.3) is 0 Å². The molecular formula is C20H33N3O3. The number of methoxy groups -OCH3 is 2. The van der Waals surface area contributed by atoms with E-state index in [2.05, 4.69) is 43.1 Å². The molecule has 1 N–H and O–H groups in total. The van der Waals surface area contributed by atoms with Crippen LogP contribution in [0.5, 0.6) is 11.5 Å². The van der Waals surface area contributed by atoms with Crippen molar-refractivity contribution >= 4 is 5.96 Å². The maximum Gasteiger partial charge on any atom is 0.194 e. The predicted octanol–water partition coefficient (Wildman–Crippen LogP) is 2.84. The maximum absolute atomic E-state index is 5.59. The van der Waals surface area contributed by atoms with Crippen LogP contribution in [0.1, 0.15) is 38.3 Å². The van der Waals surface area contributed by atoms with Crippen LogP contribution in [0.2, 0.25) is 0 Å². The van der Waals surface area contributed by atoms with Gasteiger partial charge in [-0.25, -0.2) is 0 Å². The summed E-state index contributed by atoms with van der Waals surface area (Å²) in [7, 11) is 3.36. The zero-order chi connectivity index (χ0) is 18.9. The molecule has 146 valence electrons. The molecule has 0 saturated heterocycles. The van der Waals surface area contributed by atoms with Crippen molar-refractivity contribution in [2.75, 3.05) is 40.5 Å². The summed E-state index contributed by atoms with van der Waals surface area (Å²) in [5.74, 6) is 2.55. The van der Waals surface area contributed by atoms with Crippen molar-refractivity contribution in [3.05, 3.63) is 23.3 Å². The molecule has 1 aromatic rings. The summed E-state index contributed by atoms with van der Waals surface area (Å²) >= 11 is 0. The monoisotopic (exact) mass is 363 g/mol. The van der Waals surface area contributed by atoms with Crippen LogP contribution in [0.25, 0.3) is 0 Å². The molecule has 0 fully saturated rings. The number of rotatable bonds is 8. The van der Waals surface area contributed by atoms with Crippen molar-refractivity contribution in [2.45, 2.75) is 46.3 Å². The fourth-order valence-electron chi connectivity index (χ4n) is 3.06. The maximum atomic E-state index is 5.59. The third-order valence-electron chi connectivity index (χ3n) is 4.37. The van der Waals surface area contributed by atoms with Gasteiger partial charge in [0.05, 0.1) is 20.3 Å². The molecule has 0 aromatic heterocycles. The van der Waals surface area contributed by atoms with Crippen LogP contribution in [-0.2, 0) is 17.7 Å². The molecule has 1 aliphatic rings. The Balaban J connectivity index is 2.05. The molecule has 0 bridgehead atoms. The van der Waals surface area contributed by atoms with Crippen molar-refractivity contribution < 1.29 is 14.2 Å². The number of ether oxygens (including phenoxy) is 3. The van der Waals surface area contributed by atoms with Gasteiger partial charge >= 0.3 is 0 Å². The lowest BCUT2D eigenvalue weighted by Crippen LogP contribution is -2.44. The molecule has 0 atom stereocenters. The van der Waals surface area contributed by atoms with Crippen molar-refractivity contribution in [2.24, 2.45) is 4.99 Å². The van der Waals surface area contributed by atoms with E-state index in [-0.39, 0.29) is 6.10 Å². The van der Waals surface area contributed by atoms with Gasteiger partial charge in [0.1, 0.15) is 0 Å². The smallest absolute Gasteiger partial charge is 0.194 e. The van der Waals surface area contributed by atoms with Gasteiger partial charge in [-0.15, -0.1) is 0 Å². The summed E-state index contributed by atoms with van der Waals surface area (Å²) in [6, 6.07) is 4.18. The van der Waals surface area contributed by atoms with Crippen molar-refractivity contribution in [3.63, 3.8) is 0 Å². The number of benzene rings is 1. The van der Waals surface area contributed by atoms with Gasteiger partial charge < -0.3 is 24.4 Å². The summed E-state index contributed by atoms with van der Waals surface area (Å²) in [6.07, 6.45) is 2.18. The number of aliphatic imine (C=N–C) groups is 1. The topological polar surface area (TPSA) is 55.3 Å². The van der Waals surface area contributed by atoms with Crippen LogP contribution < -0.4 is 14.8 Å². The average Bonchev–Trinajstić information content (AvgIpc) is 2.65. The van der Waals surface area contributed by atoms with Crippen LogP contribution in [0, 0.1) is 0 Å². The van der Waals surface area contributed by atoms with Crippen molar-refractivity contribution in [1.29, 1.82) is 0 Å². The third-order valence-corrected chi connectivity index (χ3v) is 4.37. The Labute approximate surface area is 157 Å². The molecule has 2 rings (SSSR count). The zero-order valence-electron chi connectivity index (χ0n) is 16.8. The highest BCUT2D eigenvalue weighted by molar-refractivity contribution is 5.80. The molecule has 0 radical (unpaired) electrons. The lowest BCUT2D eigenvalue weighted by atomic mass is 9.99. The van der Waals surface area contributed by atoms with Crippen LogP contribution in [0.15, 0.2) is 17.1 Å². The number of guanidine groups is 1. The Morgan fingerprint density at radius 2 is 1.88 bits per heavy atom. The van der Waals surface area contributed by atoms with Crippen LogP contribution in [0.3, 0.4) is 0 Å². The van der Waals surface area contributed by atoms with Crippen LogP contribution in [0.4, 0.5) is 0 Å². The molecule has 0 aliphatic carbocycles. The number of nitrogens with zero attached hydrogens (tertiary/aromatic N) is 2. The Morgan fingerprint density at radius 3 is 2.50 bits per heavy atom. The van der Waals surface area contributed by atoms with Gasteiger partial charge in [0, 0.05) is 32.8 Å². The molecule has 1 aliphatic heterocycles. The summed E-state index contributed by atoms with van der Waals surface area (Å²) in [4.78, 5) is 7.09. The number of nitrogens with one attached hydrogen (secondary N) is 1. The Hall–Kier alpha value is -1.95. The molecule has 1 heterocycles. The second-order valence-electron chi connectivity index (χ2n) is 6.66. The first-order valence-electron chi connectivity index (χ1n) is 9.47. The highest BCUT2D eigenvalue weighted by atomic mass is 16.5. The van der Waals surface area contributed by atoms with Gasteiger partial charge in [0.15, 0.2) is 17.5 Å². The zero-order valence-corrected chi connectivity index (χ0v) is 16.8. The summed E-state index contributed by atoms with van der Waals surface area (Å²) in [6.45, 7) is 10.4. The molecule has 6 nitrogen and oxygen atoms in total. The minimum Gasteiger partial charge on any atom is -0.493 e. The largest absolute Gasteiger partial charge is 0.493 e. The third kappa shape index (κ3) is 5.53. The van der Waals surface area contributed by atoms with E-state index in [0.29, 0.717) is 0 Å². The van der Waals surface area contributed by atoms with Crippen molar-refractivity contribution in [3.8, 4) is 11.5 Å². The summed E-state index contributed by atoms with van der Waals surface area (Å²) in [5.41, 5.74) is 2.59. The molecule has 26 heavy (non-hydrogen) atoms. The standard InChI is InChI=1S/C20H33N3O3/c1-6-21-20(22-9-7-11-26-15(2)3)23-10-8-16-12-18(24-4)19(25-5)13-17(16)14-23/h12-13,15H,6-11,14H2,1-5H3,(H,21,22). The molecule has 0 unspecified atom stereocenters. The fraction of sp³-hybridized carbons (Fsp3) is 0.650. The van der Waals surface area contributed by atoms with Crippen molar-refractivity contribution in [1.82, 2.24) is 10.2 Å². The van der Waals surface area contributed by atoms with Gasteiger partial charge in [-0.3, -0.25) is 4.99 Å². The van der Waals surface area contributed by atoms with Crippen LogP contribution >= 0.6 is 0 Å². The Morgan fingerprint density at radius 1 is 1.19 bits per heavy atom. The van der Waals surface area contributed by atoms with E-state index < -0.39 is 0 Å². The van der Waals surface area contributed by atoms with E-state index in [0.717, 1.165) is 63.1 Å². The van der Waals surface area contributed by atoms with Gasteiger partial charge in [-0.05, 0) is 56.9 Å². The number of hydrogen-bond donors (Lipinski definition) is 1. The SMILES string of the molecule is CCNC(=NCCCOC(C)C)N1CCc2cc(OC)c(OC)cc2C1. The minimum absolute atomic E-state index is 0.276. The van der Waals surface area contributed by atoms with Gasteiger partial charge in [0.2, 0.25) is 0 Å². The van der Waals surface area contributed by atoms with E-state index >= 15 is 0 Å². The predicted molar refractivity (Wildman–Crippen MR) is 105 cm³/mol. The van der Waals surface area contributed by atoms with E-state index in [1.54, 1.807) is 14.2 Å². The first-order chi connectivity index (χ1) is 12.6. The minimum atomic E-state index is 0.276. The molecule has 1 aromatic carbocycles.